The van der Waals surface area contributed by atoms with Gasteiger partial charge in [-0.2, -0.15) is 6.07 Å². The summed E-state index contributed by atoms with van der Waals surface area (Å²) in [5, 5.41) is 6.57. The van der Waals surface area contributed by atoms with Gasteiger partial charge in [-0.25, -0.2) is 15.0 Å². The summed E-state index contributed by atoms with van der Waals surface area (Å²) in [6, 6.07) is 51.7. The smallest absolute Gasteiger partial charge is 0.192 e. The summed E-state index contributed by atoms with van der Waals surface area (Å²) in [7, 11) is 0. The van der Waals surface area contributed by atoms with E-state index >= 15 is 0 Å². The van der Waals surface area contributed by atoms with Crippen LogP contribution in [0, 0.1) is 77.5 Å². The summed E-state index contributed by atoms with van der Waals surface area (Å²) in [6.45, 7) is 22.9. The Balaban J connectivity index is 0.000000171. The molecular formula is C75H54FIr5N12O3S2-5. The second-order valence-corrected chi connectivity index (χ2v) is 24.1. The van der Waals surface area contributed by atoms with Gasteiger partial charge in [-0.05, 0) is 117 Å². The monoisotopic (exact) mass is 2220 g/mol. The number of halogens is 1. The molecule has 12 heterocycles. The maximum absolute atomic E-state index is 12.8. The van der Waals surface area contributed by atoms with Gasteiger partial charge in [-0.1, -0.05) is 85.8 Å². The minimum Gasteiger partial charge on any atom is -0.439 e. The zero-order valence-electron chi connectivity index (χ0n) is 53.3. The average molecular weight is 2220 g/mol. The third kappa shape index (κ3) is 18.8. The summed E-state index contributed by atoms with van der Waals surface area (Å²) in [5.41, 5.74) is 17.8. The predicted octanol–water partition coefficient (Wildman–Crippen LogP) is 19.0. The van der Waals surface area contributed by atoms with E-state index in [1.165, 1.54) is 49.0 Å². The Morgan fingerprint density at radius 3 is 1.51 bits per heavy atom. The third-order valence-corrected chi connectivity index (χ3v) is 16.0. The van der Waals surface area contributed by atoms with E-state index in [1.54, 1.807) is 97.8 Å². The molecule has 15 nitrogen and oxygen atoms in total. The fourth-order valence-corrected chi connectivity index (χ4v) is 11.3. The van der Waals surface area contributed by atoms with Crippen LogP contribution < -0.4 is 0 Å². The van der Waals surface area contributed by atoms with Gasteiger partial charge in [0.15, 0.2) is 34.4 Å². The number of oxazole rings is 3. The molecule has 0 saturated heterocycles. The number of thiophene rings is 2. The molecule has 0 aliphatic carbocycles. The fraction of sp³-hybridized carbons (Fsp3) is 0.120. The van der Waals surface area contributed by atoms with Crippen molar-refractivity contribution >= 4 is 81.8 Å². The van der Waals surface area contributed by atoms with Gasteiger partial charge in [0.1, 0.15) is 22.2 Å². The molecule has 23 heteroatoms. The van der Waals surface area contributed by atoms with E-state index in [9.17, 15) is 4.39 Å². The Labute approximate surface area is 640 Å². The first-order chi connectivity index (χ1) is 45.1. The normalized spacial score (nSPS) is 10.5. The van der Waals surface area contributed by atoms with E-state index in [2.05, 4.69) is 178 Å². The first kappa shape index (κ1) is 77.2. The van der Waals surface area contributed by atoms with Crippen LogP contribution in [0.4, 0.5) is 10.1 Å². The van der Waals surface area contributed by atoms with Gasteiger partial charge >= 0.3 is 0 Å². The van der Waals surface area contributed by atoms with Crippen molar-refractivity contribution in [3.63, 3.8) is 0 Å². The number of rotatable bonds is 6. The van der Waals surface area contributed by atoms with Crippen molar-refractivity contribution in [1.82, 2.24) is 54.8 Å². The molecule has 0 saturated carbocycles. The van der Waals surface area contributed by atoms with Crippen LogP contribution in [0.2, 0.25) is 0 Å². The van der Waals surface area contributed by atoms with Crippen molar-refractivity contribution in [1.29, 1.82) is 0 Å². The number of benzene rings is 4. The first-order valence-electron chi connectivity index (χ1n) is 29.2. The largest absolute Gasteiger partial charge is 0.439 e. The van der Waals surface area contributed by atoms with E-state index in [4.69, 9.17) is 19.8 Å². The first-order valence-corrected chi connectivity index (χ1v) is 30.9. The molecule has 0 N–H and O–H groups in total. The molecule has 0 amide bonds. The van der Waals surface area contributed by atoms with Crippen LogP contribution in [0.15, 0.2) is 195 Å². The molecule has 0 fully saturated rings. The van der Waals surface area contributed by atoms with Crippen molar-refractivity contribution < 1.29 is 118 Å². The summed E-state index contributed by atoms with van der Waals surface area (Å²) < 4.78 is 31.3. The van der Waals surface area contributed by atoms with Crippen LogP contribution in [0.5, 0.6) is 0 Å². The minimum absolute atomic E-state index is 0. The Hall–Kier alpha value is -8.14. The zero-order chi connectivity index (χ0) is 64.6. The van der Waals surface area contributed by atoms with Gasteiger partial charge in [0.05, 0.1) is 34.6 Å². The van der Waals surface area contributed by atoms with Crippen molar-refractivity contribution in [3.05, 3.63) is 264 Å². The molecule has 0 spiro atoms. The van der Waals surface area contributed by atoms with Crippen molar-refractivity contribution in [2.24, 2.45) is 0 Å². The third-order valence-electron chi connectivity index (χ3n) is 14.3. The Morgan fingerprint density at radius 1 is 0.480 bits per heavy atom. The van der Waals surface area contributed by atoms with E-state index in [0.29, 0.717) is 40.2 Å². The Kier molecular flexibility index (Phi) is 27.6. The Morgan fingerprint density at radius 2 is 1.00 bits per heavy atom. The number of nitrogens with zero attached hydrogens (tertiary/aromatic N) is 12. The van der Waals surface area contributed by atoms with E-state index < -0.39 is 0 Å². The number of fused-ring (bicyclic) bond motifs is 5. The summed E-state index contributed by atoms with van der Waals surface area (Å²) >= 11 is 3.40. The quantitative estimate of drug-likeness (QED) is 0.143. The van der Waals surface area contributed by atoms with Crippen LogP contribution in [0.1, 0.15) is 55.4 Å². The fourth-order valence-electron chi connectivity index (χ4n) is 9.82. The summed E-state index contributed by atoms with van der Waals surface area (Å²) in [6.07, 6.45) is 15.4. The summed E-state index contributed by atoms with van der Waals surface area (Å²) in [4.78, 5) is 51.5. The van der Waals surface area contributed by atoms with Gasteiger partial charge in [0.25, 0.3) is 0 Å². The van der Waals surface area contributed by atoms with Crippen molar-refractivity contribution in [2.75, 3.05) is 0 Å². The zero-order valence-corrected chi connectivity index (χ0v) is 66.9. The molecule has 4 aromatic carbocycles. The second kappa shape index (κ2) is 35.1. The predicted molar refractivity (Wildman–Crippen MR) is 363 cm³/mol. The molecule has 0 unspecified atom stereocenters. The standard InChI is InChI=1S/C20H15N2S.C15H14N3S.C14H8N3O.C13H8FN2O.C13H9N2O.5Ir/c1-13-5-3-6-14(2)19(13)20-16(7-4-9-21-20)17-11-15-8-10-23-18(15)12-22-17;1-15(2,3)14-17-7-11(8-18-14)12-6-10-4-5-19-13(10)9-16-12;1-9-17-13-7-12(16-8-14(13)18-9)10-4-3-5-11(6-10)15-2;1-8-16-12-6-11(15-7-13(12)17-8)9-2-4-10(14)5-3-9;1-9-15-12-7-11(14-8-13(12)16-9)10-5-3-2-4-6-10;;;;;/h3-6,8-12H,1-2H3;4-7,9H,1-3H3;3,5-8H,1H3;2,4-7H,1H3;2-5,7-8H,1H3;;;;;/q5*-1;;;;;. The van der Waals surface area contributed by atoms with E-state index in [0.717, 1.165) is 84.2 Å². The maximum atomic E-state index is 12.8. The molecule has 501 valence electrons. The number of hydrogen-bond donors (Lipinski definition) is 0. The van der Waals surface area contributed by atoms with Crippen molar-refractivity contribution in [3.8, 4) is 67.5 Å². The van der Waals surface area contributed by atoms with Gasteiger partial charge < -0.3 is 53.1 Å². The minimum atomic E-state index is -0.313. The maximum Gasteiger partial charge on any atom is 0.192 e. The van der Waals surface area contributed by atoms with Crippen LogP contribution in [-0.4, -0.2) is 54.8 Å². The molecule has 0 bridgehead atoms. The van der Waals surface area contributed by atoms with Crippen LogP contribution in [0.25, 0.3) is 126 Å². The van der Waals surface area contributed by atoms with Gasteiger partial charge in [-0.3, -0.25) is 9.24 Å². The number of hydrogen-bond acceptors (Lipinski definition) is 16. The molecule has 5 radical (unpaired) electrons. The van der Waals surface area contributed by atoms with E-state index in [-0.39, 0.29) is 112 Å². The number of aryl methyl sites for hydroxylation is 5. The van der Waals surface area contributed by atoms with Crippen LogP contribution >= 0.6 is 22.7 Å². The molecule has 0 atom stereocenters. The topological polar surface area (TPSA) is 186 Å². The average Bonchev–Trinajstić information content (AvgIpc) is 0.901. The molecular weight excluding hydrogens is 2160 g/mol. The SMILES string of the molecule is CC(C)(C)c1n[c-]c(-c2cc3ccsc3cn2)cn1.Cc1cccc(C)c1-c1ncc[c-]c1-c1cc2ccsc2cn1.Cc1nc2cc(-c3[c-]cc(F)cc3)ncc2o1.Cc1nc2cc(-c3[c-]cccc3)ncc2o1.[C-]#[N+]c1cc[c-]c(-c2cc3nc(C)oc3cn2)c1.[Ir].[Ir].[Ir].[Ir].[Ir]. The molecule has 98 heavy (non-hydrogen) atoms. The van der Waals surface area contributed by atoms with Crippen LogP contribution in [-0.2, 0) is 106 Å². The van der Waals surface area contributed by atoms with Gasteiger partial charge in [0, 0.05) is 145 Å². The molecule has 12 aromatic heterocycles. The number of pyridine rings is 6. The van der Waals surface area contributed by atoms with Gasteiger partial charge in [-0.15, -0.1) is 124 Å². The van der Waals surface area contributed by atoms with E-state index in [1.807, 2.05) is 61.8 Å². The second-order valence-electron chi connectivity index (χ2n) is 22.2. The van der Waals surface area contributed by atoms with Crippen LogP contribution in [0.3, 0.4) is 0 Å². The van der Waals surface area contributed by atoms with Crippen molar-refractivity contribution in [2.45, 2.75) is 60.8 Å². The number of aromatic nitrogens is 11. The summed E-state index contributed by atoms with van der Waals surface area (Å²) in [5.74, 6) is 2.36. The molecule has 16 rings (SSSR count). The molecule has 16 aromatic rings. The molecule has 0 aliphatic heterocycles. The molecule has 0 aliphatic rings. The Bertz CT molecular complexity index is 5330. The van der Waals surface area contributed by atoms with Gasteiger partial charge in [0.2, 0.25) is 0 Å².